The van der Waals surface area contributed by atoms with Crippen LogP contribution in [0.5, 0.6) is 11.6 Å². The molecule has 8 heteroatoms. The minimum Gasteiger partial charge on any atom is -0.495 e. The van der Waals surface area contributed by atoms with Crippen LogP contribution in [0.1, 0.15) is 25.3 Å². The highest BCUT2D eigenvalue weighted by Crippen LogP contribution is 2.37. The van der Waals surface area contributed by atoms with Crippen molar-refractivity contribution in [2.45, 2.75) is 25.9 Å². The first kappa shape index (κ1) is 18.8. The van der Waals surface area contributed by atoms with Gasteiger partial charge in [0, 0.05) is 13.2 Å². The Morgan fingerprint density at radius 2 is 1.92 bits per heavy atom. The number of rotatable bonds is 7. The first-order chi connectivity index (χ1) is 11.9. The molecule has 2 aromatic rings. The van der Waals surface area contributed by atoms with E-state index in [1.165, 1.54) is 7.11 Å². The largest absolute Gasteiger partial charge is 0.495 e. The van der Waals surface area contributed by atoms with Gasteiger partial charge >= 0.3 is 6.18 Å². The fourth-order valence-corrected chi connectivity index (χ4v) is 2.15. The van der Waals surface area contributed by atoms with E-state index in [1.54, 1.807) is 36.2 Å². The number of alkyl halides is 3. The first-order valence-electron chi connectivity index (χ1n) is 7.82. The molecule has 0 amide bonds. The summed E-state index contributed by atoms with van der Waals surface area (Å²) in [7, 11) is 3.16. The molecular weight excluding hydrogens is 335 g/mol. The van der Waals surface area contributed by atoms with Crippen molar-refractivity contribution in [1.82, 2.24) is 9.97 Å². The number of anilines is 2. The van der Waals surface area contributed by atoms with Crippen LogP contribution >= 0.6 is 0 Å². The van der Waals surface area contributed by atoms with Crippen LogP contribution in [-0.4, -0.2) is 30.7 Å². The second-order valence-electron chi connectivity index (χ2n) is 5.32. The predicted molar refractivity (Wildman–Crippen MR) is 88.5 cm³/mol. The Bertz CT molecular complexity index is 708. The van der Waals surface area contributed by atoms with Gasteiger partial charge in [0.1, 0.15) is 11.3 Å². The summed E-state index contributed by atoms with van der Waals surface area (Å²) < 4.78 is 49.9. The lowest BCUT2D eigenvalue weighted by Crippen LogP contribution is -2.17. The average Bonchev–Trinajstić information content (AvgIpc) is 2.60. The molecule has 25 heavy (non-hydrogen) atoms. The SMILES string of the molecule is CCCCOc1nc(N(C)c2ccccc2OC)ncc1C(F)(F)F. The Balaban J connectivity index is 2.39. The lowest BCUT2D eigenvalue weighted by Gasteiger charge is -2.21. The number of hydrogen-bond donors (Lipinski definition) is 0. The van der Waals surface area contributed by atoms with Crippen LogP contribution in [0.25, 0.3) is 0 Å². The van der Waals surface area contributed by atoms with E-state index < -0.39 is 17.6 Å². The molecule has 0 unspecified atom stereocenters. The van der Waals surface area contributed by atoms with E-state index in [0.29, 0.717) is 17.9 Å². The third-order valence-corrected chi connectivity index (χ3v) is 3.53. The molecule has 0 aliphatic heterocycles. The van der Waals surface area contributed by atoms with Gasteiger partial charge in [0.2, 0.25) is 11.8 Å². The number of unbranched alkanes of at least 4 members (excludes halogenated alkanes) is 1. The topological polar surface area (TPSA) is 47.5 Å². The number of para-hydroxylation sites is 2. The number of benzene rings is 1. The van der Waals surface area contributed by atoms with Gasteiger partial charge in [0.05, 0.1) is 19.4 Å². The summed E-state index contributed by atoms with van der Waals surface area (Å²) in [6, 6.07) is 7.09. The molecule has 0 aliphatic rings. The second kappa shape index (κ2) is 8.04. The van der Waals surface area contributed by atoms with Crippen molar-refractivity contribution in [1.29, 1.82) is 0 Å². The van der Waals surface area contributed by atoms with Gasteiger partial charge in [-0.05, 0) is 18.6 Å². The van der Waals surface area contributed by atoms with E-state index in [0.717, 1.165) is 12.6 Å². The molecule has 0 aliphatic carbocycles. The maximum atomic E-state index is 13.1. The fraction of sp³-hybridized carbons (Fsp3) is 0.412. The smallest absolute Gasteiger partial charge is 0.423 e. The number of methoxy groups -OCH3 is 1. The standard InChI is InChI=1S/C17H20F3N3O2/c1-4-5-10-25-15-12(17(18,19)20)11-21-16(22-15)23(2)13-8-6-7-9-14(13)24-3/h6-9,11H,4-5,10H2,1-3H3. The highest BCUT2D eigenvalue weighted by molar-refractivity contribution is 5.64. The molecule has 0 saturated heterocycles. The molecule has 136 valence electrons. The Hall–Kier alpha value is -2.51. The van der Waals surface area contributed by atoms with Crippen molar-refractivity contribution in [3.63, 3.8) is 0 Å². The van der Waals surface area contributed by atoms with Crippen molar-refractivity contribution in [3.8, 4) is 11.6 Å². The zero-order valence-corrected chi connectivity index (χ0v) is 14.3. The van der Waals surface area contributed by atoms with Crippen LogP contribution in [0.3, 0.4) is 0 Å². The quantitative estimate of drug-likeness (QED) is 0.687. The van der Waals surface area contributed by atoms with Gasteiger partial charge < -0.3 is 14.4 Å². The van der Waals surface area contributed by atoms with Crippen molar-refractivity contribution in [3.05, 3.63) is 36.0 Å². The van der Waals surface area contributed by atoms with E-state index in [-0.39, 0.29) is 12.6 Å². The summed E-state index contributed by atoms with van der Waals surface area (Å²) in [5, 5.41) is 0. The third kappa shape index (κ3) is 4.52. The minimum absolute atomic E-state index is 0.0870. The third-order valence-electron chi connectivity index (χ3n) is 3.53. The molecule has 0 fully saturated rings. The molecule has 1 aromatic heterocycles. The Morgan fingerprint density at radius 3 is 2.56 bits per heavy atom. The summed E-state index contributed by atoms with van der Waals surface area (Å²) in [5.74, 6) is 0.179. The first-order valence-corrected chi connectivity index (χ1v) is 7.82. The van der Waals surface area contributed by atoms with Crippen molar-refractivity contribution >= 4 is 11.6 Å². The maximum Gasteiger partial charge on any atom is 0.423 e. The summed E-state index contributed by atoms with van der Waals surface area (Å²) in [6.07, 6.45) is -2.39. The number of hydrogen-bond acceptors (Lipinski definition) is 5. The maximum absolute atomic E-state index is 13.1. The fourth-order valence-electron chi connectivity index (χ4n) is 2.15. The van der Waals surface area contributed by atoms with E-state index in [4.69, 9.17) is 9.47 Å². The molecule has 1 aromatic carbocycles. The van der Waals surface area contributed by atoms with Gasteiger partial charge in [0.15, 0.2) is 0 Å². The van der Waals surface area contributed by atoms with Gasteiger partial charge in [0.25, 0.3) is 0 Å². The predicted octanol–water partition coefficient (Wildman–Crippen LogP) is 4.45. The van der Waals surface area contributed by atoms with Crippen LogP contribution in [0.4, 0.5) is 24.8 Å². The monoisotopic (exact) mass is 355 g/mol. The molecule has 0 saturated carbocycles. The molecule has 2 rings (SSSR count). The molecule has 0 N–H and O–H groups in total. The van der Waals surface area contributed by atoms with Gasteiger partial charge in [-0.1, -0.05) is 25.5 Å². The average molecular weight is 355 g/mol. The van der Waals surface area contributed by atoms with Crippen LogP contribution in [-0.2, 0) is 6.18 Å². The summed E-state index contributed by atoms with van der Waals surface area (Å²) >= 11 is 0. The molecule has 0 bridgehead atoms. The number of nitrogens with zero attached hydrogens (tertiary/aromatic N) is 3. The molecule has 1 heterocycles. The molecule has 0 atom stereocenters. The van der Waals surface area contributed by atoms with Crippen molar-refractivity contribution in [2.24, 2.45) is 0 Å². The molecule has 0 spiro atoms. The van der Waals surface area contributed by atoms with E-state index in [1.807, 2.05) is 6.92 Å². The highest BCUT2D eigenvalue weighted by atomic mass is 19.4. The zero-order chi connectivity index (χ0) is 18.4. The van der Waals surface area contributed by atoms with Crippen LogP contribution in [0, 0.1) is 0 Å². The number of halogens is 3. The number of ether oxygens (including phenoxy) is 2. The van der Waals surface area contributed by atoms with Crippen LogP contribution in [0.2, 0.25) is 0 Å². The molecule has 0 radical (unpaired) electrons. The van der Waals surface area contributed by atoms with Crippen molar-refractivity contribution < 1.29 is 22.6 Å². The summed E-state index contributed by atoms with van der Waals surface area (Å²) in [5.41, 5.74) is -0.356. The zero-order valence-electron chi connectivity index (χ0n) is 14.3. The van der Waals surface area contributed by atoms with Crippen LogP contribution in [0.15, 0.2) is 30.5 Å². The lowest BCUT2D eigenvalue weighted by molar-refractivity contribution is -0.139. The Kier molecular flexibility index (Phi) is 6.06. The van der Waals surface area contributed by atoms with Gasteiger partial charge in [-0.25, -0.2) is 4.98 Å². The van der Waals surface area contributed by atoms with Crippen LogP contribution < -0.4 is 14.4 Å². The normalized spacial score (nSPS) is 11.3. The van der Waals surface area contributed by atoms with E-state index in [9.17, 15) is 13.2 Å². The molecule has 5 nitrogen and oxygen atoms in total. The summed E-state index contributed by atoms with van der Waals surface area (Å²) in [6.45, 7) is 2.09. The summed E-state index contributed by atoms with van der Waals surface area (Å²) in [4.78, 5) is 9.37. The van der Waals surface area contributed by atoms with E-state index in [2.05, 4.69) is 9.97 Å². The second-order valence-corrected chi connectivity index (χ2v) is 5.32. The Labute approximate surface area is 144 Å². The number of aromatic nitrogens is 2. The van der Waals surface area contributed by atoms with E-state index >= 15 is 0 Å². The van der Waals surface area contributed by atoms with Gasteiger partial charge in [-0.2, -0.15) is 18.2 Å². The Morgan fingerprint density at radius 1 is 1.20 bits per heavy atom. The van der Waals surface area contributed by atoms with Crippen molar-refractivity contribution in [2.75, 3.05) is 25.7 Å². The lowest BCUT2D eigenvalue weighted by atomic mass is 10.2. The van der Waals surface area contributed by atoms with Gasteiger partial charge in [-0.3, -0.25) is 0 Å². The minimum atomic E-state index is -4.58. The highest BCUT2D eigenvalue weighted by Gasteiger charge is 2.36. The molecular formula is C17H20F3N3O2. The van der Waals surface area contributed by atoms with Gasteiger partial charge in [-0.15, -0.1) is 0 Å².